The van der Waals surface area contributed by atoms with E-state index in [4.69, 9.17) is 9.47 Å². The molecule has 0 radical (unpaired) electrons. The average Bonchev–Trinajstić information content (AvgIpc) is 3.27. The lowest BCUT2D eigenvalue weighted by Gasteiger charge is -2.24. The molecule has 1 fully saturated rings. The second-order valence-electron chi connectivity index (χ2n) is 9.66. The normalized spacial score (nSPS) is 14.6. The van der Waals surface area contributed by atoms with E-state index in [0.29, 0.717) is 57.2 Å². The fourth-order valence-electron chi connectivity index (χ4n) is 4.37. The number of amides is 1. The van der Waals surface area contributed by atoms with Crippen molar-refractivity contribution in [2.75, 3.05) is 26.7 Å². The van der Waals surface area contributed by atoms with Crippen molar-refractivity contribution in [1.29, 1.82) is 0 Å². The Bertz CT molecular complexity index is 1000. The number of rotatable bonds is 14. The molecule has 1 saturated heterocycles. The van der Waals surface area contributed by atoms with Gasteiger partial charge in [0.15, 0.2) is 5.78 Å². The van der Waals surface area contributed by atoms with Gasteiger partial charge in [-0.2, -0.15) is 0 Å². The lowest BCUT2D eigenvalue weighted by molar-refractivity contribution is -0.122. The first-order valence-electron chi connectivity index (χ1n) is 12.8. The van der Waals surface area contributed by atoms with Gasteiger partial charge in [-0.15, -0.1) is 0 Å². The maximum absolute atomic E-state index is 12.7. The van der Waals surface area contributed by atoms with E-state index in [0.717, 1.165) is 23.6 Å². The lowest BCUT2D eigenvalue weighted by Crippen LogP contribution is -2.44. The average molecular weight is 495 g/mol. The molecule has 7 heteroatoms. The molecule has 3 rings (SSSR count). The summed E-state index contributed by atoms with van der Waals surface area (Å²) >= 11 is 0. The fraction of sp³-hybridized carbons (Fsp3) is 0.483. The number of likely N-dealkylation sites (tertiary alicyclic amines) is 1. The molecule has 1 aliphatic heterocycles. The van der Waals surface area contributed by atoms with Gasteiger partial charge in [-0.25, -0.2) is 0 Å². The maximum Gasteiger partial charge on any atom is 0.220 e. The Morgan fingerprint density at radius 2 is 1.64 bits per heavy atom. The van der Waals surface area contributed by atoms with Crippen molar-refractivity contribution in [1.82, 2.24) is 10.2 Å². The number of carbonyl (C=O) groups is 3. The van der Waals surface area contributed by atoms with Crippen molar-refractivity contribution in [3.63, 3.8) is 0 Å². The molecule has 1 aliphatic rings. The molecule has 1 heterocycles. The Morgan fingerprint density at radius 1 is 0.972 bits per heavy atom. The summed E-state index contributed by atoms with van der Waals surface area (Å²) in [4.78, 5) is 39.0. The number of nitrogens with zero attached hydrogens (tertiary/aromatic N) is 1. The van der Waals surface area contributed by atoms with Crippen LogP contribution in [-0.4, -0.2) is 61.3 Å². The van der Waals surface area contributed by atoms with Gasteiger partial charge in [-0.05, 0) is 75.1 Å². The molecule has 0 bridgehead atoms. The minimum absolute atomic E-state index is 0.0258. The monoisotopic (exact) mass is 494 g/mol. The molecule has 0 aliphatic carbocycles. The summed E-state index contributed by atoms with van der Waals surface area (Å²) in [7, 11) is 1.59. The molecule has 2 aromatic rings. The molecule has 0 spiro atoms. The number of unbranched alkanes of at least 4 members (excludes halogenated alkanes) is 1. The molecule has 1 N–H and O–H groups in total. The summed E-state index contributed by atoms with van der Waals surface area (Å²) in [5.41, 5.74) is 1.76. The van der Waals surface area contributed by atoms with Crippen LogP contribution in [0.2, 0.25) is 0 Å². The predicted molar refractivity (Wildman–Crippen MR) is 140 cm³/mol. The van der Waals surface area contributed by atoms with Crippen LogP contribution >= 0.6 is 0 Å². The third-order valence-corrected chi connectivity index (χ3v) is 6.20. The van der Waals surface area contributed by atoms with Crippen LogP contribution in [0.4, 0.5) is 0 Å². The minimum atomic E-state index is -0.0961. The van der Waals surface area contributed by atoms with Crippen LogP contribution in [0.5, 0.6) is 11.5 Å². The zero-order valence-electron chi connectivity index (χ0n) is 21.6. The van der Waals surface area contributed by atoms with Gasteiger partial charge in [0.2, 0.25) is 5.91 Å². The molecule has 0 aromatic heterocycles. The summed E-state index contributed by atoms with van der Waals surface area (Å²) in [5.74, 6) is 1.83. The third kappa shape index (κ3) is 9.11. The topological polar surface area (TPSA) is 84.9 Å². The van der Waals surface area contributed by atoms with Crippen LogP contribution in [0.15, 0.2) is 48.5 Å². The SMILES string of the molecule is COc1ccc(C(=O)CCCCC(=O)NC(Cc2ccc(OC(C)C)cc2)CN2CCC(=O)C2)cc1. The van der Waals surface area contributed by atoms with Gasteiger partial charge in [-0.1, -0.05) is 12.1 Å². The molecule has 2 aromatic carbocycles. The van der Waals surface area contributed by atoms with Crippen LogP contribution in [-0.2, 0) is 16.0 Å². The van der Waals surface area contributed by atoms with E-state index >= 15 is 0 Å². The number of carbonyl (C=O) groups excluding carboxylic acids is 3. The molecular weight excluding hydrogens is 456 g/mol. The zero-order valence-corrected chi connectivity index (χ0v) is 21.6. The summed E-state index contributed by atoms with van der Waals surface area (Å²) in [5, 5.41) is 3.16. The van der Waals surface area contributed by atoms with Crippen LogP contribution in [0.3, 0.4) is 0 Å². The largest absolute Gasteiger partial charge is 0.497 e. The number of ether oxygens (including phenoxy) is 2. The van der Waals surface area contributed by atoms with Crippen LogP contribution in [0, 0.1) is 0 Å². The summed E-state index contributed by atoms with van der Waals surface area (Å²) < 4.78 is 10.9. The zero-order chi connectivity index (χ0) is 25.9. The number of ketones is 2. The fourth-order valence-corrected chi connectivity index (χ4v) is 4.37. The molecule has 1 unspecified atom stereocenters. The minimum Gasteiger partial charge on any atom is -0.497 e. The predicted octanol–water partition coefficient (Wildman–Crippen LogP) is 4.23. The molecule has 1 atom stereocenters. The summed E-state index contributed by atoms with van der Waals surface area (Å²) in [6.07, 6.45) is 3.43. The van der Waals surface area contributed by atoms with E-state index < -0.39 is 0 Å². The van der Waals surface area contributed by atoms with Crippen molar-refractivity contribution < 1.29 is 23.9 Å². The van der Waals surface area contributed by atoms with Crippen molar-refractivity contribution in [3.8, 4) is 11.5 Å². The van der Waals surface area contributed by atoms with Crippen molar-refractivity contribution >= 4 is 17.5 Å². The van der Waals surface area contributed by atoms with E-state index in [1.807, 2.05) is 38.1 Å². The van der Waals surface area contributed by atoms with Crippen molar-refractivity contribution in [2.24, 2.45) is 0 Å². The standard InChI is InChI=1S/C29H38N2O5/c1-21(2)36-27-12-8-22(9-13-27)18-24(19-31-17-16-25(32)20-31)30-29(34)7-5-4-6-28(33)23-10-14-26(35-3)15-11-23/h8-15,21,24H,4-7,16-20H2,1-3H3,(H,30,34). The Kier molecular flexibility index (Phi) is 10.5. The molecule has 7 nitrogen and oxygen atoms in total. The number of Topliss-reactive ketones (excluding diaryl/α,β-unsaturated/α-hetero) is 2. The molecule has 1 amide bonds. The Morgan fingerprint density at radius 3 is 2.25 bits per heavy atom. The Balaban J connectivity index is 1.48. The molecule has 36 heavy (non-hydrogen) atoms. The first kappa shape index (κ1) is 27.4. The third-order valence-electron chi connectivity index (χ3n) is 6.20. The number of benzene rings is 2. The van der Waals surface area contributed by atoms with Crippen LogP contribution in [0.1, 0.15) is 61.9 Å². The van der Waals surface area contributed by atoms with Gasteiger partial charge in [0.1, 0.15) is 17.3 Å². The van der Waals surface area contributed by atoms with Gasteiger partial charge < -0.3 is 14.8 Å². The maximum atomic E-state index is 12.7. The highest BCUT2D eigenvalue weighted by Crippen LogP contribution is 2.17. The highest BCUT2D eigenvalue weighted by molar-refractivity contribution is 5.96. The number of hydrogen-bond donors (Lipinski definition) is 1. The second-order valence-corrected chi connectivity index (χ2v) is 9.66. The quantitative estimate of drug-likeness (QED) is 0.313. The first-order chi connectivity index (χ1) is 17.3. The molecular formula is C29H38N2O5. The molecule has 0 saturated carbocycles. The lowest BCUT2D eigenvalue weighted by atomic mass is 10.0. The number of nitrogens with one attached hydrogen (secondary N) is 1. The van der Waals surface area contributed by atoms with Gasteiger partial charge >= 0.3 is 0 Å². The van der Waals surface area contributed by atoms with Gasteiger partial charge in [0.05, 0.1) is 19.8 Å². The number of hydrogen-bond acceptors (Lipinski definition) is 6. The smallest absolute Gasteiger partial charge is 0.220 e. The van der Waals surface area contributed by atoms with E-state index in [-0.39, 0.29) is 29.6 Å². The van der Waals surface area contributed by atoms with Crippen LogP contribution < -0.4 is 14.8 Å². The Hall–Kier alpha value is -3.19. The van der Waals surface area contributed by atoms with Crippen LogP contribution in [0.25, 0.3) is 0 Å². The van der Waals surface area contributed by atoms with E-state index in [1.165, 1.54) is 0 Å². The van der Waals surface area contributed by atoms with Gasteiger partial charge in [-0.3, -0.25) is 19.3 Å². The summed E-state index contributed by atoms with van der Waals surface area (Å²) in [6.45, 7) is 5.80. The molecule has 194 valence electrons. The van der Waals surface area contributed by atoms with Crippen molar-refractivity contribution in [2.45, 2.75) is 64.5 Å². The van der Waals surface area contributed by atoms with E-state index in [9.17, 15) is 14.4 Å². The van der Waals surface area contributed by atoms with Gasteiger partial charge in [0.25, 0.3) is 0 Å². The first-order valence-corrected chi connectivity index (χ1v) is 12.8. The summed E-state index contributed by atoms with van der Waals surface area (Å²) in [6, 6.07) is 14.9. The highest BCUT2D eigenvalue weighted by Gasteiger charge is 2.23. The Labute approximate surface area is 214 Å². The van der Waals surface area contributed by atoms with Crippen molar-refractivity contribution in [3.05, 3.63) is 59.7 Å². The van der Waals surface area contributed by atoms with Gasteiger partial charge in [0, 0.05) is 44.0 Å². The highest BCUT2D eigenvalue weighted by atomic mass is 16.5. The van der Waals surface area contributed by atoms with E-state index in [2.05, 4.69) is 10.2 Å². The second kappa shape index (κ2) is 13.8. The van der Waals surface area contributed by atoms with E-state index in [1.54, 1.807) is 31.4 Å². The number of methoxy groups -OCH3 is 1.